The molecule has 25 heteroatoms. The van der Waals surface area contributed by atoms with E-state index in [0.717, 1.165) is 61.5 Å². The number of carbonyl (C=O) groups excluding carboxylic acids is 5. The molecule has 0 saturated carbocycles. The predicted octanol–water partition coefficient (Wildman–Crippen LogP) is 3.30. The zero-order valence-electron chi connectivity index (χ0n) is 45.8. The Bertz CT molecular complexity index is 2290. The Labute approximate surface area is 480 Å². The van der Waals surface area contributed by atoms with Crippen LogP contribution in [0.4, 0.5) is 23.4 Å². The maximum absolute atomic E-state index is 14.4. The number of nitrogens with zero attached hydrogens (tertiary/aromatic N) is 3. The van der Waals surface area contributed by atoms with Crippen molar-refractivity contribution in [2.24, 2.45) is 16.6 Å². The number of nitrogens with two attached hydrogens (primary N) is 1. The summed E-state index contributed by atoms with van der Waals surface area (Å²) >= 11 is 0. The maximum Gasteiger partial charge on any atom is 1.00 e. The molecule has 79 heavy (non-hydrogen) atoms. The van der Waals surface area contributed by atoms with Crippen LogP contribution in [-0.4, -0.2) is 124 Å². The molecule has 7 rings (SSSR count). The van der Waals surface area contributed by atoms with Gasteiger partial charge in [0, 0.05) is 88.6 Å². The van der Waals surface area contributed by atoms with Gasteiger partial charge in [-0.25, -0.2) is 32.1 Å². The van der Waals surface area contributed by atoms with E-state index in [9.17, 15) is 51.4 Å². The number of hydrogen-bond acceptors (Lipinski definition) is 16. The number of aromatic nitrogens is 2. The topological polar surface area (TPSA) is 299 Å². The number of carboxylic acids is 2. The van der Waals surface area contributed by atoms with Gasteiger partial charge in [-0.05, 0) is 146 Å². The van der Waals surface area contributed by atoms with E-state index in [4.69, 9.17) is 40.2 Å². The second-order valence-corrected chi connectivity index (χ2v) is 21.0. The molecule has 6 N–H and O–H groups in total. The van der Waals surface area contributed by atoms with E-state index in [2.05, 4.69) is 32.6 Å². The van der Waals surface area contributed by atoms with Gasteiger partial charge in [-0.3, -0.25) is 29.0 Å². The van der Waals surface area contributed by atoms with Crippen LogP contribution < -0.4 is 51.2 Å². The Morgan fingerprint density at radius 2 is 1.27 bits per heavy atom. The fourth-order valence-electron chi connectivity index (χ4n) is 9.27. The summed E-state index contributed by atoms with van der Waals surface area (Å²) in [4.78, 5) is 94.7. The van der Waals surface area contributed by atoms with Crippen molar-refractivity contribution in [3.8, 4) is 0 Å². The molecule has 5 aliphatic rings. The number of alkyl halides is 4. The average molecular weight is 1130 g/mol. The Hall–Kier alpha value is -4.85. The summed E-state index contributed by atoms with van der Waals surface area (Å²) in [7, 11) is 0. The minimum atomic E-state index is -2.97. The molecule has 3 fully saturated rings. The third-order valence-corrected chi connectivity index (χ3v) is 14.6. The maximum atomic E-state index is 14.4. The Balaban J connectivity index is 0.000000313. The van der Waals surface area contributed by atoms with E-state index < -0.39 is 83.2 Å². The van der Waals surface area contributed by atoms with Crippen molar-refractivity contribution in [2.45, 2.75) is 192 Å². The Kier molecular flexibility index (Phi) is 29.3. The van der Waals surface area contributed by atoms with Crippen molar-refractivity contribution in [1.82, 2.24) is 20.3 Å². The van der Waals surface area contributed by atoms with Crippen molar-refractivity contribution in [1.29, 1.82) is 0 Å². The summed E-state index contributed by atoms with van der Waals surface area (Å²) in [6, 6.07) is 5.61. The fourth-order valence-corrected chi connectivity index (χ4v) is 9.27. The van der Waals surface area contributed by atoms with Gasteiger partial charge in [-0.15, -0.1) is 5.06 Å². The predicted molar refractivity (Wildman–Crippen MR) is 271 cm³/mol. The number of rotatable bonds is 23. The molecule has 0 radical (unpaired) electrons. The zero-order chi connectivity index (χ0) is 57.4. The first-order chi connectivity index (χ1) is 37.0. The molecule has 3 amide bonds. The van der Waals surface area contributed by atoms with Crippen LogP contribution in [0.3, 0.4) is 0 Å². The summed E-state index contributed by atoms with van der Waals surface area (Å²) in [5.41, 5.74) is 9.42. The number of pyridine rings is 2. The number of halogens is 4. The van der Waals surface area contributed by atoms with Gasteiger partial charge in [0.2, 0.25) is 17.8 Å². The van der Waals surface area contributed by atoms with Crippen LogP contribution in [-0.2, 0) is 84.9 Å². The molecule has 2 aromatic heterocycles. The van der Waals surface area contributed by atoms with Crippen LogP contribution in [0.1, 0.15) is 164 Å². The number of amides is 3. The third kappa shape index (κ3) is 23.6. The van der Waals surface area contributed by atoms with Crippen molar-refractivity contribution in [3.63, 3.8) is 0 Å². The molecule has 0 unspecified atom stereocenters. The molecule has 2 atom stereocenters. The van der Waals surface area contributed by atoms with Gasteiger partial charge >= 0.3 is 47.5 Å². The smallest absolute Gasteiger partial charge is 0.662 e. The number of nitrogens with one attached hydrogen (secondary N) is 2. The summed E-state index contributed by atoms with van der Waals surface area (Å²) in [6.07, 6.45) is 10.0. The van der Waals surface area contributed by atoms with Crippen LogP contribution in [0, 0.1) is 10.8 Å². The summed E-state index contributed by atoms with van der Waals surface area (Å²) < 4.78 is 66.7. The van der Waals surface area contributed by atoms with Gasteiger partial charge in [0.1, 0.15) is 17.9 Å². The molecule has 0 aromatic carbocycles. The Morgan fingerprint density at radius 1 is 0.759 bits per heavy atom. The molecule has 3 saturated heterocycles. The molecule has 436 valence electrons. The molecule has 0 spiro atoms. The largest absolute Gasteiger partial charge is 1.00 e. The fraction of sp³-hybridized carbons (Fsp3) is 0.685. The van der Waals surface area contributed by atoms with E-state index in [1.807, 2.05) is 12.1 Å². The van der Waals surface area contributed by atoms with E-state index in [1.54, 1.807) is 13.8 Å². The SMILES string of the molecule is CC1(C(=O)N[C@@H](CCC(F)(F)CCCCc2ccc3c(n2)CCCC3)C(=O)O)CCOCC1.CC1(C(=O)ON2C(=O)CCC2=O)CCOCC1.N[C@@H](CCC(F)(F)CCCCc1ccc2c(n1)NCCC2)C(=O)O.O=CO[O-].[Na+]. The third-order valence-electron chi connectivity index (χ3n) is 14.6. The number of hydrogen-bond donors (Lipinski definition) is 5. The van der Waals surface area contributed by atoms with E-state index in [1.165, 1.54) is 17.5 Å². The number of carbonyl (C=O) groups is 7. The number of hydroxylamine groups is 2. The van der Waals surface area contributed by atoms with Crippen LogP contribution >= 0.6 is 0 Å². The monoisotopic (exact) mass is 1130 g/mol. The van der Waals surface area contributed by atoms with Gasteiger partial charge in [-0.2, -0.15) is 0 Å². The second kappa shape index (κ2) is 33.8. The summed E-state index contributed by atoms with van der Waals surface area (Å²) in [5.74, 6) is -9.25. The van der Waals surface area contributed by atoms with Gasteiger partial charge in [0.25, 0.3) is 18.3 Å². The summed E-state index contributed by atoms with van der Waals surface area (Å²) in [5, 5.41) is 32.8. The van der Waals surface area contributed by atoms with Gasteiger partial charge in [0.05, 0.1) is 10.8 Å². The first kappa shape index (κ1) is 68.4. The number of carboxylic acid groups (broad SMARTS) is 2. The van der Waals surface area contributed by atoms with Gasteiger partial charge in [0.15, 0.2) is 0 Å². The molecule has 0 bridgehead atoms. The molecule has 6 heterocycles. The molecule has 1 aliphatic carbocycles. The minimum absolute atomic E-state index is 0. The van der Waals surface area contributed by atoms with Crippen molar-refractivity contribution in [2.75, 3.05) is 38.3 Å². The van der Waals surface area contributed by atoms with Gasteiger partial charge in [-0.1, -0.05) is 19.1 Å². The van der Waals surface area contributed by atoms with E-state index in [-0.39, 0.29) is 74.6 Å². The number of imide groups is 1. The number of fused-ring (bicyclic) bond motifs is 2. The molecular formula is C54H77F4N6NaO14. The van der Waals surface area contributed by atoms with Crippen LogP contribution in [0.15, 0.2) is 24.3 Å². The second-order valence-electron chi connectivity index (χ2n) is 21.0. The minimum Gasteiger partial charge on any atom is -0.662 e. The van der Waals surface area contributed by atoms with Crippen molar-refractivity contribution >= 4 is 47.9 Å². The first-order valence-corrected chi connectivity index (χ1v) is 26.9. The Morgan fingerprint density at radius 3 is 1.81 bits per heavy atom. The number of ether oxygens (including phenoxy) is 2. The van der Waals surface area contributed by atoms with Crippen LogP contribution in [0.25, 0.3) is 0 Å². The van der Waals surface area contributed by atoms with Gasteiger partial charge < -0.3 is 51.0 Å². The quantitative estimate of drug-likeness (QED) is 0.0203. The number of unbranched alkanes of at least 4 members (excludes halogenated alkanes) is 2. The van der Waals surface area contributed by atoms with Crippen LogP contribution in [0.5, 0.6) is 0 Å². The number of anilines is 1. The molecule has 2 aromatic rings. The number of aryl methyl sites for hydroxylation is 5. The molecule has 4 aliphatic heterocycles. The van der Waals surface area contributed by atoms with E-state index in [0.29, 0.717) is 95.7 Å². The normalized spacial score (nSPS) is 18.0. The van der Waals surface area contributed by atoms with E-state index >= 15 is 0 Å². The number of aliphatic carboxylic acids is 2. The van der Waals surface area contributed by atoms with Crippen molar-refractivity contribution in [3.05, 3.63) is 52.5 Å². The first-order valence-electron chi connectivity index (χ1n) is 26.9. The van der Waals surface area contributed by atoms with Crippen molar-refractivity contribution < 1.29 is 115 Å². The molecule has 20 nitrogen and oxygen atoms in total. The molecular weight excluding hydrogens is 1060 g/mol. The summed E-state index contributed by atoms with van der Waals surface area (Å²) in [6.45, 7) is 6.12. The average Bonchev–Trinajstić information content (AvgIpc) is 3.75. The zero-order valence-corrected chi connectivity index (χ0v) is 47.8. The standard InChI is InChI=1S/C25H36F2N2O4.C17H25F2N3O2.C11H15NO5.CH2O3.Na/c1-24(14-16-33-17-15-24)23(32)29-21(22(30)31)11-13-25(26,27)12-5-4-7-19-10-9-18-6-2-3-8-20(18)28-19;18-17(19,10-8-14(20)16(23)24)9-2-1-5-13-7-6-12-4-3-11-21-15(12)22-13;1-11(4-6-16-7-5-11)10(15)17-12-8(13)2-3-9(12)14;2-1-4-3;/h9-10,21H,2-8,11-17H2,1H3,(H,29,32)(H,30,31);6-7,14H,1-5,8-11,20H2,(H,21,22)(H,23,24);2-7H2,1H3;1,3H;/q;;;;+1/p-1/t21-;14-;;;/m00.../s1. The van der Waals surface area contributed by atoms with Crippen LogP contribution in [0.2, 0.25) is 0 Å².